The topological polar surface area (TPSA) is 47.0 Å². The summed E-state index contributed by atoms with van der Waals surface area (Å²) in [6.07, 6.45) is -0.328. The number of rotatable bonds is 7. The van der Waals surface area contributed by atoms with E-state index in [0.29, 0.717) is 6.54 Å². The molecular formula is C18H29N3O2. The SMILES string of the molecule is CCN(CC)C[C@@H](O)CN1CCN(C(=O)c2ccccc2)CC1. The van der Waals surface area contributed by atoms with Gasteiger partial charge in [0.1, 0.15) is 0 Å². The molecule has 0 aromatic heterocycles. The van der Waals surface area contributed by atoms with Crippen LogP contribution in [0.3, 0.4) is 0 Å². The molecule has 1 saturated heterocycles. The van der Waals surface area contributed by atoms with Crippen LogP contribution in [0.4, 0.5) is 0 Å². The highest BCUT2D eigenvalue weighted by molar-refractivity contribution is 5.94. The first-order valence-corrected chi connectivity index (χ1v) is 8.61. The Morgan fingerprint density at radius 3 is 2.30 bits per heavy atom. The number of benzene rings is 1. The first-order valence-electron chi connectivity index (χ1n) is 8.61. The van der Waals surface area contributed by atoms with Crippen molar-refractivity contribution in [3.05, 3.63) is 35.9 Å². The van der Waals surface area contributed by atoms with Crippen LogP contribution in [-0.2, 0) is 0 Å². The normalized spacial score (nSPS) is 17.5. The maximum absolute atomic E-state index is 12.4. The summed E-state index contributed by atoms with van der Waals surface area (Å²) in [4.78, 5) is 18.8. The highest BCUT2D eigenvalue weighted by Crippen LogP contribution is 2.09. The number of nitrogens with zero attached hydrogens (tertiary/aromatic N) is 3. The standard InChI is InChI=1S/C18H29N3O2/c1-3-19(4-2)14-17(22)15-20-10-12-21(13-11-20)18(23)16-8-6-5-7-9-16/h5-9,17,22H,3-4,10-15H2,1-2H3/t17-/m1/s1. The number of amides is 1. The number of carbonyl (C=O) groups excluding carboxylic acids is 1. The average molecular weight is 319 g/mol. The molecule has 0 saturated carbocycles. The molecule has 0 aliphatic carbocycles. The molecule has 1 N–H and O–H groups in total. The molecule has 0 bridgehead atoms. The molecule has 1 fully saturated rings. The van der Waals surface area contributed by atoms with Gasteiger partial charge in [-0.05, 0) is 25.2 Å². The molecule has 5 heteroatoms. The Morgan fingerprint density at radius 2 is 1.74 bits per heavy atom. The van der Waals surface area contributed by atoms with Gasteiger partial charge in [-0.1, -0.05) is 32.0 Å². The minimum atomic E-state index is -0.328. The van der Waals surface area contributed by atoms with E-state index in [2.05, 4.69) is 23.6 Å². The molecule has 1 aliphatic heterocycles. The lowest BCUT2D eigenvalue weighted by Gasteiger charge is -2.36. The summed E-state index contributed by atoms with van der Waals surface area (Å²) in [5.41, 5.74) is 0.752. The number of aliphatic hydroxyl groups is 1. The van der Waals surface area contributed by atoms with Crippen molar-refractivity contribution in [2.45, 2.75) is 20.0 Å². The summed E-state index contributed by atoms with van der Waals surface area (Å²) >= 11 is 0. The summed E-state index contributed by atoms with van der Waals surface area (Å²) in [5.74, 6) is 0.105. The Balaban J connectivity index is 1.76. The second-order valence-electron chi connectivity index (χ2n) is 6.10. The van der Waals surface area contributed by atoms with Crippen molar-refractivity contribution in [1.82, 2.24) is 14.7 Å². The molecule has 128 valence electrons. The van der Waals surface area contributed by atoms with Gasteiger partial charge in [-0.25, -0.2) is 0 Å². The average Bonchev–Trinajstić information content (AvgIpc) is 2.60. The molecule has 0 spiro atoms. The van der Waals surface area contributed by atoms with E-state index in [1.165, 1.54) is 0 Å². The van der Waals surface area contributed by atoms with Gasteiger partial charge < -0.3 is 14.9 Å². The zero-order chi connectivity index (χ0) is 16.7. The Kier molecular flexibility index (Phi) is 7.02. The lowest BCUT2D eigenvalue weighted by molar-refractivity contribution is 0.0444. The fourth-order valence-corrected chi connectivity index (χ4v) is 3.03. The second-order valence-corrected chi connectivity index (χ2v) is 6.10. The fourth-order valence-electron chi connectivity index (χ4n) is 3.03. The van der Waals surface area contributed by atoms with Gasteiger partial charge in [0.2, 0.25) is 0 Å². The molecule has 1 amide bonds. The van der Waals surface area contributed by atoms with E-state index in [9.17, 15) is 9.90 Å². The maximum Gasteiger partial charge on any atom is 0.253 e. The van der Waals surface area contributed by atoms with Gasteiger partial charge in [-0.3, -0.25) is 9.69 Å². The molecule has 1 aromatic carbocycles. The fraction of sp³-hybridized carbons (Fsp3) is 0.611. The molecule has 0 unspecified atom stereocenters. The van der Waals surface area contributed by atoms with Crippen molar-refractivity contribution >= 4 is 5.91 Å². The van der Waals surface area contributed by atoms with Crippen LogP contribution in [-0.4, -0.2) is 84.2 Å². The van der Waals surface area contributed by atoms with Crippen LogP contribution in [0.5, 0.6) is 0 Å². The van der Waals surface area contributed by atoms with Crippen molar-refractivity contribution < 1.29 is 9.90 Å². The van der Waals surface area contributed by atoms with Gasteiger partial charge >= 0.3 is 0 Å². The summed E-state index contributed by atoms with van der Waals surface area (Å²) in [5, 5.41) is 10.2. The Morgan fingerprint density at radius 1 is 1.13 bits per heavy atom. The summed E-state index contributed by atoms with van der Waals surface area (Å²) in [6.45, 7) is 10.7. The third kappa shape index (κ3) is 5.30. The van der Waals surface area contributed by atoms with Gasteiger partial charge in [0.25, 0.3) is 5.91 Å². The van der Waals surface area contributed by atoms with Gasteiger partial charge in [0, 0.05) is 44.8 Å². The van der Waals surface area contributed by atoms with Crippen molar-refractivity contribution in [2.75, 3.05) is 52.4 Å². The zero-order valence-corrected chi connectivity index (χ0v) is 14.3. The molecule has 1 atom stereocenters. The highest BCUT2D eigenvalue weighted by Gasteiger charge is 2.23. The number of hydrogen-bond acceptors (Lipinski definition) is 4. The smallest absolute Gasteiger partial charge is 0.253 e. The van der Waals surface area contributed by atoms with E-state index in [1.54, 1.807) is 0 Å². The number of likely N-dealkylation sites (N-methyl/N-ethyl adjacent to an activating group) is 1. The van der Waals surface area contributed by atoms with Crippen LogP contribution in [0.25, 0.3) is 0 Å². The van der Waals surface area contributed by atoms with Gasteiger partial charge in [0.15, 0.2) is 0 Å². The predicted molar refractivity (Wildman–Crippen MR) is 92.6 cm³/mol. The van der Waals surface area contributed by atoms with Gasteiger partial charge in [-0.15, -0.1) is 0 Å². The lowest BCUT2D eigenvalue weighted by Crippen LogP contribution is -2.51. The predicted octanol–water partition coefficient (Wildman–Crippen LogP) is 1.15. The summed E-state index contributed by atoms with van der Waals surface area (Å²) in [6, 6.07) is 9.44. The molecule has 5 nitrogen and oxygen atoms in total. The van der Waals surface area contributed by atoms with Crippen LogP contribution in [0.15, 0.2) is 30.3 Å². The minimum absolute atomic E-state index is 0.105. The first kappa shape index (κ1) is 17.9. The van der Waals surface area contributed by atoms with E-state index in [-0.39, 0.29) is 12.0 Å². The highest BCUT2D eigenvalue weighted by atomic mass is 16.3. The number of aliphatic hydroxyl groups excluding tert-OH is 1. The Labute approximate surface area is 139 Å². The number of hydrogen-bond donors (Lipinski definition) is 1. The number of piperazine rings is 1. The number of carbonyl (C=O) groups is 1. The van der Waals surface area contributed by atoms with E-state index in [0.717, 1.165) is 51.4 Å². The zero-order valence-electron chi connectivity index (χ0n) is 14.3. The van der Waals surface area contributed by atoms with Crippen LogP contribution >= 0.6 is 0 Å². The minimum Gasteiger partial charge on any atom is -0.390 e. The molecule has 1 aromatic rings. The van der Waals surface area contributed by atoms with E-state index in [4.69, 9.17) is 0 Å². The van der Waals surface area contributed by atoms with E-state index in [1.807, 2.05) is 35.2 Å². The molecule has 2 rings (SSSR count). The third-order valence-electron chi connectivity index (χ3n) is 4.51. The lowest BCUT2D eigenvalue weighted by atomic mass is 10.2. The number of β-amino-alcohol motifs (C(OH)–C–C–N with tert-alkyl or cyclic N) is 1. The summed E-state index contributed by atoms with van der Waals surface area (Å²) in [7, 11) is 0. The second kappa shape index (κ2) is 9.01. The monoisotopic (exact) mass is 319 g/mol. The van der Waals surface area contributed by atoms with E-state index >= 15 is 0 Å². The molecule has 1 aliphatic rings. The maximum atomic E-state index is 12.4. The van der Waals surface area contributed by atoms with Crippen molar-refractivity contribution in [3.8, 4) is 0 Å². The Hall–Kier alpha value is -1.43. The van der Waals surface area contributed by atoms with Crippen LogP contribution < -0.4 is 0 Å². The van der Waals surface area contributed by atoms with Crippen LogP contribution in [0, 0.1) is 0 Å². The first-order chi connectivity index (χ1) is 11.1. The van der Waals surface area contributed by atoms with E-state index < -0.39 is 0 Å². The molecule has 0 radical (unpaired) electrons. The largest absolute Gasteiger partial charge is 0.390 e. The quantitative estimate of drug-likeness (QED) is 0.819. The van der Waals surface area contributed by atoms with Crippen molar-refractivity contribution in [1.29, 1.82) is 0 Å². The van der Waals surface area contributed by atoms with Gasteiger partial charge in [0.05, 0.1) is 6.10 Å². The summed E-state index contributed by atoms with van der Waals surface area (Å²) < 4.78 is 0. The van der Waals surface area contributed by atoms with Crippen molar-refractivity contribution in [2.24, 2.45) is 0 Å². The molecular weight excluding hydrogens is 290 g/mol. The van der Waals surface area contributed by atoms with Crippen LogP contribution in [0.2, 0.25) is 0 Å². The van der Waals surface area contributed by atoms with Crippen molar-refractivity contribution in [3.63, 3.8) is 0 Å². The molecule has 1 heterocycles. The molecule has 23 heavy (non-hydrogen) atoms. The van der Waals surface area contributed by atoms with Crippen LogP contribution in [0.1, 0.15) is 24.2 Å². The third-order valence-corrected chi connectivity index (χ3v) is 4.51. The van der Waals surface area contributed by atoms with Gasteiger partial charge in [-0.2, -0.15) is 0 Å². The Bertz CT molecular complexity index is 468.